The van der Waals surface area contributed by atoms with Gasteiger partial charge in [0.1, 0.15) is 13.2 Å². The van der Waals surface area contributed by atoms with E-state index in [1.54, 1.807) is 23.1 Å². The molecule has 2 aliphatic heterocycles. The molecule has 6 heteroatoms. The van der Waals surface area contributed by atoms with Gasteiger partial charge in [0.25, 0.3) is 5.91 Å². The summed E-state index contributed by atoms with van der Waals surface area (Å²) in [4.78, 5) is 26.2. The SMILES string of the molecule is O=C(c1ccc2c(c1)OCCO2)N1C[C@@H]2CCC[C@@]2(C(=O)O)C1. The van der Waals surface area contributed by atoms with Crippen LogP contribution >= 0.6 is 0 Å². The molecule has 1 saturated carbocycles. The standard InChI is InChI=1S/C17H19NO5/c19-15(11-3-4-13-14(8-11)23-7-6-22-13)18-9-12-2-1-5-17(12,10-18)16(20)21/h3-4,8,12H,1-2,5-7,9-10H2,(H,20,21)/t12-,17+/m0/s1. The van der Waals surface area contributed by atoms with Gasteiger partial charge in [0, 0.05) is 18.7 Å². The Hall–Kier alpha value is -2.24. The lowest BCUT2D eigenvalue weighted by Gasteiger charge is -2.24. The van der Waals surface area contributed by atoms with E-state index >= 15 is 0 Å². The van der Waals surface area contributed by atoms with Gasteiger partial charge >= 0.3 is 5.97 Å². The Morgan fingerprint density at radius 3 is 2.74 bits per heavy atom. The highest BCUT2D eigenvalue weighted by atomic mass is 16.6. The molecule has 6 nitrogen and oxygen atoms in total. The molecule has 2 fully saturated rings. The second-order valence-corrected chi connectivity index (χ2v) is 6.59. The zero-order chi connectivity index (χ0) is 16.0. The largest absolute Gasteiger partial charge is 0.486 e. The van der Waals surface area contributed by atoms with Crippen LogP contribution in [0.15, 0.2) is 18.2 Å². The van der Waals surface area contributed by atoms with Gasteiger partial charge in [-0.2, -0.15) is 0 Å². The van der Waals surface area contributed by atoms with Gasteiger partial charge in [-0.15, -0.1) is 0 Å². The van der Waals surface area contributed by atoms with Crippen LogP contribution in [-0.4, -0.2) is 48.2 Å². The van der Waals surface area contributed by atoms with Crippen molar-refractivity contribution in [3.63, 3.8) is 0 Å². The van der Waals surface area contributed by atoms with Crippen molar-refractivity contribution in [2.24, 2.45) is 11.3 Å². The minimum atomic E-state index is -0.766. The van der Waals surface area contributed by atoms with Gasteiger partial charge in [-0.3, -0.25) is 9.59 Å². The van der Waals surface area contributed by atoms with Gasteiger partial charge in [-0.1, -0.05) is 6.42 Å². The number of benzene rings is 1. The number of fused-ring (bicyclic) bond motifs is 2. The number of carboxylic acid groups (broad SMARTS) is 1. The van der Waals surface area contributed by atoms with Crippen LogP contribution in [0.1, 0.15) is 29.6 Å². The third-order valence-electron chi connectivity index (χ3n) is 5.37. The van der Waals surface area contributed by atoms with Gasteiger partial charge in [0.05, 0.1) is 5.41 Å². The molecular weight excluding hydrogens is 298 g/mol. The molecule has 1 saturated heterocycles. The minimum absolute atomic E-state index is 0.0705. The zero-order valence-corrected chi connectivity index (χ0v) is 12.8. The predicted molar refractivity (Wildman–Crippen MR) is 80.7 cm³/mol. The Labute approximate surface area is 134 Å². The fourth-order valence-corrected chi connectivity index (χ4v) is 4.15. The summed E-state index contributed by atoms with van der Waals surface area (Å²) in [6.45, 7) is 1.81. The lowest BCUT2D eigenvalue weighted by Crippen LogP contribution is -2.37. The molecule has 0 spiro atoms. The first-order chi connectivity index (χ1) is 11.1. The van der Waals surface area contributed by atoms with Gasteiger partial charge in [-0.05, 0) is 37.0 Å². The highest BCUT2D eigenvalue weighted by molar-refractivity contribution is 5.96. The summed E-state index contributed by atoms with van der Waals surface area (Å²) in [7, 11) is 0. The number of amides is 1. The first kappa shape index (κ1) is 14.4. The highest BCUT2D eigenvalue weighted by Gasteiger charge is 2.55. The molecule has 0 aromatic heterocycles. The maximum atomic E-state index is 12.8. The number of hydrogen-bond donors (Lipinski definition) is 1. The average Bonchev–Trinajstić information content (AvgIpc) is 3.12. The lowest BCUT2D eigenvalue weighted by atomic mass is 9.81. The van der Waals surface area contributed by atoms with Gasteiger partial charge < -0.3 is 19.5 Å². The molecule has 1 aliphatic carbocycles. The number of carbonyl (C=O) groups excluding carboxylic acids is 1. The molecule has 0 unspecified atom stereocenters. The summed E-state index contributed by atoms with van der Waals surface area (Å²) in [5.74, 6) is 0.401. The van der Waals surface area contributed by atoms with E-state index in [0.717, 1.165) is 12.8 Å². The number of hydrogen-bond acceptors (Lipinski definition) is 4. The van der Waals surface area contributed by atoms with E-state index in [9.17, 15) is 14.7 Å². The Morgan fingerprint density at radius 2 is 2.00 bits per heavy atom. The third-order valence-corrected chi connectivity index (χ3v) is 5.37. The van der Waals surface area contributed by atoms with E-state index in [2.05, 4.69) is 0 Å². The number of ether oxygens (including phenoxy) is 2. The number of rotatable bonds is 2. The van der Waals surface area contributed by atoms with Crippen LogP contribution < -0.4 is 9.47 Å². The van der Waals surface area contributed by atoms with Gasteiger partial charge in [0.2, 0.25) is 0 Å². The van der Waals surface area contributed by atoms with Crippen molar-refractivity contribution in [2.75, 3.05) is 26.3 Å². The predicted octanol–water partition coefficient (Wildman–Crippen LogP) is 1.78. The van der Waals surface area contributed by atoms with Crippen LogP contribution in [0.3, 0.4) is 0 Å². The van der Waals surface area contributed by atoms with Crippen molar-refractivity contribution in [1.82, 2.24) is 4.90 Å². The summed E-state index contributed by atoms with van der Waals surface area (Å²) in [5, 5.41) is 9.63. The second kappa shape index (κ2) is 5.15. The lowest BCUT2D eigenvalue weighted by molar-refractivity contribution is -0.149. The quantitative estimate of drug-likeness (QED) is 0.900. The maximum Gasteiger partial charge on any atom is 0.311 e. The fraction of sp³-hybridized carbons (Fsp3) is 0.529. The normalized spacial score (nSPS) is 28.5. The van der Waals surface area contributed by atoms with Crippen molar-refractivity contribution in [1.29, 1.82) is 0 Å². The van der Waals surface area contributed by atoms with Gasteiger partial charge in [-0.25, -0.2) is 0 Å². The molecular formula is C17H19NO5. The Bertz CT molecular complexity index is 673. The highest BCUT2D eigenvalue weighted by Crippen LogP contribution is 2.49. The van der Waals surface area contributed by atoms with Crippen molar-refractivity contribution in [3.8, 4) is 11.5 Å². The van der Waals surface area contributed by atoms with Crippen molar-refractivity contribution in [2.45, 2.75) is 19.3 Å². The Morgan fingerprint density at radius 1 is 1.22 bits per heavy atom. The van der Waals surface area contributed by atoms with Crippen molar-refractivity contribution in [3.05, 3.63) is 23.8 Å². The molecule has 1 amide bonds. The molecule has 1 aromatic carbocycles. The minimum Gasteiger partial charge on any atom is -0.486 e. The number of likely N-dealkylation sites (tertiary alicyclic amines) is 1. The number of carbonyl (C=O) groups is 2. The molecule has 1 N–H and O–H groups in total. The summed E-state index contributed by atoms with van der Waals surface area (Å²) in [5.41, 5.74) is -0.224. The van der Waals surface area contributed by atoms with E-state index < -0.39 is 11.4 Å². The van der Waals surface area contributed by atoms with E-state index in [1.165, 1.54) is 0 Å². The van der Waals surface area contributed by atoms with E-state index in [4.69, 9.17) is 9.47 Å². The molecule has 0 bridgehead atoms. The summed E-state index contributed by atoms with van der Waals surface area (Å²) in [6, 6.07) is 5.15. The first-order valence-corrected chi connectivity index (χ1v) is 8.02. The zero-order valence-electron chi connectivity index (χ0n) is 12.8. The number of carboxylic acids is 1. The van der Waals surface area contributed by atoms with Crippen molar-refractivity contribution >= 4 is 11.9 Å². The van der Waals surface area contributed by atoms with Crippen LogP contribution in [-0.2, 0) is 4.79 Å². The average molecular weight is 317 g/mol. The number of nitrogens with zero attached hydrogens (tertiary/aromatic N) is 1. The monoisotopic (exact) mass is 317 g/mol. The summed E-state index contributed by atoms with van der Waals surface area (Å²) >= 11 is 0. The fourth-order valence-electron chi connectivity index (χ4n) is 4.15. The smallest absolute Gasteiger partial charge is 0.311 e. The van der Waals surface area contributed by atoms with Crippen LogP contribution in [0, 0.1) is 11.3 Å². The molecule has 2 atom stereocenters. The van der Waals surface area contributed by atoms with Crippen LogP contribution in [0.4, 0.5) is 0 Å². The van der Waals surface area contributed by atoms with Crippen molar-refractivity contribution < 1.29 is 24.2 Å². The summed E-state index contributed by atoms with van der Waals surface area (Å²) < 4.78 is 11.0. The first-order valence-electron chi connectivity index (χ1n) is 8.02. The Kier molecular flexibility index (Phi) is 3.21. The van der Waals surface area contributed by atoms with E-state index in [1.807, 2.05) is 0 Å². The molecule has 122 valence electrons. The van der Waals surface area contributed by atoms with Crippen LogP contribution in [0.2, 0.25) is 0 Å². The number of aliphatic carboxylic acids is 1. The molecule has 23 heavy (non-hydrogen) atoms. The molecule has 3 aliphatic rings. The second-order valence-electron chi connectivity index (χ2n) is 6.59. The summed E-state index contributed by atoms with van der Waals surface area (Å²) in [6.07, 6.45) is 2.48. The molecule has 1 aromatic rings. The third kappa shape index (κ3) is 2.16. The van der Waals surface area contributed by atoms with Crippen LogP contribution in [0.25, 0.3) is 0 Å². The topological polar surface area (TPSA) is 76.1 Å². The molecule has 4 rings (SSSR count). The van der Waals surface area contributed by atoms with Gasteiger partial charge in [0.15, 0.2) is 11.5 Å². The Balaban J connectivity index is 1.57. The molecule has 2 heterocycles. The maximum absolute atomic E-state index is 12.8. The van der Waals surface area contributed by atoms with E-state index in [0.29, 0.717) is 49.8 Å². The van der Waals surface area contributed by atoms with Crippen LogP contribution in [0.5, 0.6) is 11.5 Å². The molecule has 0 radical (unpaired) electrons. The van der Waals surface area contributed by atoms with E-state index in [-0.39, 0.29) is 11.8 Å².